The SMILES string of the molecule is C=CCOCC1(CC)COC2(OCC(C[Si](C)(C)c3ccccc3)CO2)OC1. The largest absolute Gasteiger partial charge is 0.412 e. The lowest BCUT2D eigenvalue weighted by Gasteiger charge is -2.47. The summed E-state index contributed by atoms with van der Waals surface area (Å²) in [6.07, 6.45) is 1.31. The molecule has 6 heteroatoms. The van der Waals surface area contributed by atoms with Crippen LogP contribution in [0.3, 0.4) is 0 Å². The Morgan fingerprint density at radius 2 is 1.75 bits per heavy atom. The van der Waals surface area contributed by atoms with Gasteiger partial charge in [-0.2, -0.15) is 0 Å². The molecule has 0 amide bonds. The number of rotatable bonds is 8. The first-order valence-electron chi connectivity index (χ1n) is 10.2. The zero-order valence-corrected chi connectivity index (χ0v) is 18.4. The highest BCUT2D eigenvalue weighted by Gasteiger charge is 2.49. The van der Waals surface area contributed by atoms with Gasteiger partial charge in [0.1, 0.15) is 0 Å². The van der Waals surface area contributed by atoms with E-state index < -0.39 is 14.2 Å². The Morgan fingerprint density at radius 1 is 1.11 bits per heavy atom. The molecule has 0 bridgehead atoms. The normalized spacial score (nSPS) is 31.0. The van der Waals surface area contributed by atoms with Crippen LogP contribution in [0, 0.1) is 11.3 Å². The van der Waals surface area contributed by atoms with Gasteiger partial charge in [0, 0.05) is 11.3 Å². The molecule has 0 aromatic heterocycles. The maximum absolute atomic E-state index is 5.96. The van der Waals surface area contributed by atoms with Crippen LogP contribution in [0.25, 0.3) is 0 Å². The van der Waals surface area contributed by atoms with Gasteiger partial charge in [0.25, 0.3) is 0 Å². The van der Waals surface area contributed by atoms with E-state index in [1.807, 2.05) is 0 Å². The summed E-state index contributed by atoms with van der Waals surface area (Å²) < 4.78 is 29.5. The van der Waals surface area contributed by atoms with Gasteiger partial charge in [0.05, 0.1) is 47.7 Å². The molecule has 156 valence electrons. The zero-order chi connectivity index (χ0) is 20.1. The van der Waals surface area contributed by atoms with Crippen LogP contribution >= 0.6 is 0 Å². The lowest BCUT2D eigenvalue weighted by Crippen LogP contribution is -2.57. The third-order valence-electron chi connectivity index (χ3n) is 5.85. The van der Waals surface area contributed by atoms with Crippen molar-refractivity contribution in [1.29, 1.82) is 0 Å². The summed E-state index contributed by atoms with van der Waals surface area (Å²) in [5.41, 5.74) is -0.167. The second-order valence-corrected chi connectivity index (χ2v) is 13.4. The molecule has 2 aliphatic heterocycles. The second kappa shape index (κ2) is 9.20. The van der Waals surface area contributed by atoms with Gasteiger partial charge in [-0.25, -0.2) is 0 Å². The number of hydrogen-bond acceptors (Lipinski definition) is 5. The molecule has 0 unspecified atom stereocenters. The first-order chi connectivity index (χ1) is 13.4. The van der Waals surface area contributed by atoms with E-state index in [0.29, 0.717) is 45.6 Å². The topological polar surface area (TPSA) is 46.2 Å². The third kappa shape index (κ3) is 5.12. The molecule has 2 fully saturated rings. The highest BCUT2D eigenvalue weighted by Crippen LogP contribution is 2.37. The molecule has 0 radical (unpaired) electrons. The first-order valence-corrected chi connectivity index (χ1v) is 13.4. The minimum absolute atomic E-state index is 0.167. The maximum atomic E-state index is 5.96. The van der Waals surface area contributed by atoms with Crippen LogP contribution < -0.4 is 5.19 Å². The highest BCUT2D eigenvalue weighted by molar-refractivity contribution is 6.89. The first kappa shape index (κ1) is 21.7. The smallest absolute Gasteiger partial charge is 0.377 e. The van der Waals surface area contributed by atoms with Crippen LogP contribution in [0.1, 0.15) is 13.3 Å². The number of benzene rings is 1. The van der Waals surface area contributed by atoms with Crippen molar-refractivity contribution < 1.29 is 23.7 Å². The summed E-state index contributed by atoms with van der Waals surface area (Å²) in [6.45, 7) is 13.9. The molecule has 2 aliphatic rings. The monoisotopic (exact) mass is 406 g/mol. The second-order valence-electron chi connectivity index (χ2n) is 8.68. The van der Waals surface area contributed by atoms with Gasteiger partial charge in [0.2, 0.25) is 0 Å². The zero-order valence-electron chi connectivity index (χ0n) is 17.4. The molecular formula is C22H34O5Si. The van der Waals surface area contributed by atoms with Crippen molar-refractivity contribution in [1.82, 2.24) is 0 Å². The summed E-state index contributed by atoms with van der Waals surface area (Å²) in [5.74, 6) is 0.355. The van der Waals surface area contributed by atoms with Gasteiger partial charge in [-0.15, -0.1) is 6.58 Å². The number of ether oxygens (including phenoxy) is 5. The number of hydrogen-bond donors (Lipinski definition) is 0. The fourth-order valence-corrected chi connectivity index (χ4v) is 6.87. The Hall–Kier alpha value is -1.02. The van der Waals surface area contributed by atoms with Gasteiger partial charge in [-0.05, 0) is 12.5 Å². The van der Waals surface area contributed by atoms with E-state index >= 15 is 0 Å². The molecule has 2 heterocycles. The van der Waals surface area contributed by atoms with Crippen LogP contribution in [-0.2, 0) is 23.7 Å². The fraction of sp³-hybridized carbons (Fsp3) is 0.636. The lowest BCUT2D eigenvalue weighted by atomic mass is 9.87. The van der Waals surface area contributed by atoms with Gasteiger partial charge in [-0.3, -0.25) is 0 Å². The molecule has 0 saturated carbocycles. The minimum Gasteiger partial charge on any atom is -0.377 e. The third-order valence-corrected chi connectivity index (χ3v) is 9.34. The molecular weight excluding hydrogens is 372 g/mol. The van der Waals surface area contributed by atoms with E-state index in [2.05, 4.69) is 56.9 Å². The molecule has 5 nitrogen and oxygen atoms in total. The fourth-order valence-electron chi connectivity index (χ4n) is 3.86. The molecule has 1 aromatic rings. The maximum Gasteiger partial charge on any atom is 0.412 e. The average molecular weight is 407 g/mol. The van der Waals surface area contributed by atoms with Crippen molar-refractivity contribution in [2.75, 3.05) is 39.6 Å². The summed E-state index contributed by atoms with van der Waals surface area (Å²) in [5, 5.41) is 1.47. The average Bonchev–Trinajstić information content (AvgIpc) is 2.72. The van der Waals surface area contributed by atoms with Crippen molar-refractivity contribution >= 4 is 13.3 Å². The van der Waals surface area contributed by atoms with Crippen molar-refractivity contribution in [3.63, 3.8) is 0 Å². The van der Waals surface area contributed by atoms with Gasteiger partial charge < -0.3 is 23.7 Å². The van der Waals surface area contributed by atoms with Crippen molar-refractivity contribution in [3.8, 4) is 0 Å². The predicted molar refractivity (Wildman–Crippen MR) is 112 cm³/mol. The molecule has 0 aliphatic carbocycles. The minimum atomic E-state index is -1.54. The van der Waals surface area contributed by atoms with Gasteiger partial charge >= 0.3 is 6.16 Å². The van der Waals surface area contributed by atoms with Gasteiger partial charge in [0.15, 0.2) is 0 Å². The van der Waals surface area contributed by atoms with Crippen LogP contribution in [-0.4, -0.2) is 53.9 Å². The predicted octanol–water partition coefficient (Wildman–Crippen LogP) is 3.52. The van der Waals surface area contributed by atoms with Crippen LogP contribution in [0.15, 0.2) is 43.0 Å². The Morgan fingerprint density at radius 3 is 2.32 bits per heavy atom. The van der Waals surface area contributed by atoms with E-state index in [-0.39, 0.29) is 5.41 Å². The lowest BCUT2D eigenvalue weighted by molar-refractivity contribution is -0.541. The summed E-state index contributed by atoms with van der Waals surface area (Å²) in [6, 6.07) is 11.9. The van der Waals surface area contributed by atoms with E-state index in [1.165, 1.54) is 5.19 Å². The molecule has 0 N–H and O–H groups in total. The Balaban J connectivity index is 1.51. The quantitative estimate of drug-likeness (QED) is 0.375. The molecule has 2 saturated heterocycles. The molecule has 28 heavy (non-hydrogen) atoms. The van der Waals surface area contributed by atoms with Crippen LogP contribution in [0.2, 0.25) is 19.1 Å². The van der Waals surface area contributed by atoms with Crippen LogP contribution in [0.5, 0.6) is 0 Å². The van der Waals surface area contributed by atoms with E-state index in [9.17, 15) is 0 Å². The Kier molecular flexibility index (Phi) is 7.12. The van der Waals surface area contributed by atoms with Crippen molar-refractivity contribution in [2.24, 2.45) is 11.3 Å². The Bertz CT molecular complexity index is 615. The molecule has 1 spiro atoms. The Labute approximate surface area is 170 Å². The molecule has 1 aromatic carbocycles. The molecule has 3 rings (SSSR count). The van der Waals surface area contributed by atoms with E-state index in [4.69, 9.17) is 23.7 Å². The van der Waals surface area contributed by atoms with Crippen molar-refractivity contribution in [2.45, 2.75) is 38.6 Å². The van der Waals surface area contributed by atoms with Gasteiger partial charge in [-0.1, -0.05) is 61.6 Å². The van der Waals surface area contributed by atoms with Crippen LogP contribution in [0.4, 0.5) is 0 Å². The van der Waals surface area contributed by atoms with E-state index in [1.54, 1.807) is 6.08 Å². The summed E-state index contributed by atoms with van der Waals surface area (Å²) in [7, 11) is -1.54. The van der Waals surface area contributed by atoms with Crippen molar-refractivity contribution in [3.05, 3.63) is 43.0 Å². The molecule has 0 atom stereocenters. The summed E-state index contributed by atoms with van der Waals surface area (Å²) in [4.78, 5) is 0. The standard InChI is InChI=1S/C22H34O5Si/c1-5-12-23-16-21(6-2)17-26-22(27-18-21)24-13-19(14-25-22)15-28(3,4)20-10-8-7-9-11-20/h5,7-11,19H,1,6,12-18H2,2-4H3. The van der Waals surface area contributed by atoms with E-state index in [0.717, 1.165) is 12.5 Å². The summed E-state index contributed by atoms with van der Waals surface area (Å²) >= 11 is 0. The highest BCUT2D eigenvalue weighted by atomic mass is 28.3.